The molecule has 0 spiro atoms. The highest BCUT2D eigenvalue weighted by atomic mass is 16.6. The molecule has 232 valence electrons. The van der Waals surface area contributed by atoms with E-state index in [1.165, 1.54) is 0 Å². The van der Waals surface area contributed by atoms with Crippen molar-refractivity contribution in [3.8, 4) is 5.75 Å². The quantitative estimate of drug-likeness (QED) is 0.0564. The first-order chi connectivity index (χ1) is 21.9. The third-order valence-electron chi connectivity index (χ3n) is 7.87. The van der Waals surface area contributed by atoms with Crippen LogP contribution in [-0.4, -0.2) is 23.9 Å². The predicted octanol–water partition coefficient (Wildman–Crippen LogP) is 8.15. The highest BCUT2D eigenvalue weighted by molar-refractivity contribution is 5.94. The van der Waals surface area contributed by atoms with E-state index >= 15 is 0 Å². The third-order valence-corrected chi connectivity index (χ3v) is 7.87. The van der Waals surface area contributed by atoms with Gasteiger partial charge in [0.15, 0.2) is 0 Å². The van der Waals surface area contributed by atoms with Gasteiger partial charge in [-0.2, -0.15) is 0 Å². The van der Waals surface area contributed by atoms with E-state index in [0.717, 1.165) is 36.0 Å². The fourth-order valence-electron chi connectivity index (χ4n) is 5.47. The van der Waals surface area contributed by atoms with Crippen LogP contribution in [0.25, 0.3) is 0 Å². The lowest BCUT2D eigenvalue weighted by molar-refractivity contribution is -0.142. The molecule has 1 aliphatic rings. The van der Waals surface area contributed by atoms with Crippen LogP contribution in [0.1, 0.15) is 78.6 Å². The minimum absolute atomic E-state index is 0.206. The van der Waals surface area contributed by atoms with Gasteiger partial charge in [-0.25, -0.2) is 4.79 Å². The highest BCUT2D eigenvalue weighted by Crippen LogP contribution is 2.41. The molecule has 0 atom stereocenters. The molecule has 5 rings (SSSR count). The largest absolute Gasteiger partial charge is 0.470 e. The van der Waals surface area contributed by atoms with E-state index < -0.39 is 5.41 Å². The minimum Gasteiger partial charge on any atom is -0.470 e. The molecule has 0 bridgehead atoms. The van der Waals surface area contributed by atoms with Crippen molar-refractivity contribution in [1.82, 2.24) is 0 Å². The average Bonchev–Trinajstić information content (AvgIpc) is 3.07. The summed E-state index contributed by atoms with van der Waals surface area (Å²) < 4.78 is 17.4. The first kappa shape index (κ1) is 31.5. The molecule has 1 fully saturated rings. The zero-order valence-electron chi connectivity index (χ0n) is 25.8. The smallest absolute Gasteiger partial charge is 0.338 e. The Hall–Kier alpha value is -4.91. The zero-order valence-corrected chi connectivity index (χ0v) is 25.8. The number of esters is 2. The number of oxime groups is 1. The van der Waals surface area contributed by atoms with Crippen LogP contribution in [0.4, 0.5) is 0 Å². The van der Waals surface area contributed by atoms with Crippen LogP contribution in [0.15, 0.2) is 114 Å². The van der Waals surface area contributed by atoms with Crippen molar-refractivity contribution in [2.24, 2.45) is 5.16 Å². The van der Waals surface area contributed by atoms with Crippen LogP contribution in [0, 0.1) is 0 Å². The Morgan fingerprint density at radius 1 is 0.711 bits per heavy atom. The number of carbonyl (C=O) groups is 2. The summed E-state index contributed by atoms with van der Waals surface area (Å²) in [5.74, 6) is 0.0804. The molecule has 4 aromatic rings. The van der Waals surface area contributed by atoms with E-state index in [9.17, 15) is 9.59 Å². The van der Waals surface area contributed by atoms with Crippen LogP contribution < -0.4 is 4.74 Å². The summed E-state index contributed by atoms with van der Waals surface area (Å²) in [5.41, 5.74) is 3.21. The molecule has 4 aromatic carbocycles. The molecule has 0 saturated heterocycles. The summed E-state index contributed by atoms with van der Waals surface area (Å²) in [6.07, 6.45) is 4.08. The molecule has 1 saturated carbocycles. The fraction of sp³-hybridized carbons (Fsp3) is 0.289. The van der Waals surface area contributed by atoms with Crippen molar-refractivity contribution in [2.75, 3.05) is 0 Å². The maximum absolute atomic E-state index is 13.8. The summed E-state index contributed by atoms with van der Waals surface area (Å²) in [7, 11) is 0. The normalized spacial score (nSPS) is 14.4. The van der Waals surface area contributed by atoms with Gasteiger partial charge >= 0.3 is 11.9 Å². The van der Waals surface area contributed by atoms with Gasteiger partial charge in [0.05, 0.1) is 17.1 Å². The Morgan fingerprint density at radius 3 is 1.89 bits per heavy atom. The van der Waals surface area contributed by atoms with Gasteiger partial charge in [0.1, 0.15) is 19.0 Å². The Morgan fingerprint density at radius 2 is 1.29 bits per heavy atom. The SMILES string of the molecule is CC(C)OC(=O)c1ccc(C2(C(=O)Oc3ccc(/C(=N\OCc4ccccc4)OCc4ccccc4)cc3)CCCCC2)cc1. The van der Waals surface area contributed by atoms with E-state index in [-0.39, 0.29) is 18.0 Å². The Balaban J connectivity index is 1.31. The molecule has 7 heteroatoms. The summed E-state index contributed by atoms with van der Waals surface area (Å²) in [4.78, 5) is 31.8. The van der Waals surface area contributed by atoms with Crippen LogP contribution in [0.5, 0.6) is 5.75 Å². The second-order valence-electron chi connectivity index (χ2n) is 11.5. The lowest BCUT2D eigenvalue weighted by Crippen LogP contribution is -2.41. The van der Waals surface area contributed by atoms with E-state index in [1.807, 2.05) is 86.6 Å². The van der Waals surface area contributed by atoms with Gasteiger partial charge in [-0.15, -0.1) is 0 Å². The molecule has 45 heavy (non-hydrogen) atoms. The molecular formula is C38H39NO6. The van der Waals surface area contributed by atoms with E-state index in [0.29, 0.717) is 48.8 Å². The predicted molar refractivity (Wildman–Crippen MR) is 173 cm³/mol. The number of carbonyl (C=O) groups excluding carboxylic acids is 2. The van der Waals surface area contributed by atoms with Gasteiger partial charge in [-0.1, -0.05) is 92.1 Å². The van der Waals surface area contributed by atoms with Crippen molar-refractivity contribution >= 4 is 17.8 Å². The van der Waals surface area contributed by atoms with Crippen molar-refractivity contribution in [3.05, 3.63) is 137 Å². The molecule has 0 aromatic heterocycles. The van der Waals surface area contributed by atoms with E-state index in [1.54, 1.807) is 36.4 Å². The number of hydrogen-bond donors (Lipinski definition) is 0. The highest BCUT2D eigenvalue weighted by Gasteiger charge is 2.43. The second-order valence-corrected chi connectivity index (χ2v) is 11.5. The van der Waals surface area contributed by atoms with Crippen molar-refractivity contribution in [1.29, 1.82) is 0 Å². The summed E-state index contributed by atoms with van der Waals surface area (Å²) in [5, 5.41) is 4.31. The van der Waals surface area contributed by atoms with E-state index in [2.05, 4.69) is 5.16 Å². The van der Waals surface area contributed by atoms with Gasteiger partial charge in [0.2, 0.25) is 0 Å². The number of ether oxygens (including phenoxy) is 3. The molecule has 0 amide bonds. The number of benzene rings is 4. The zero-order chi connectivity index (χ0) is 31.5. The van der Waals surface area contributed by atoms with Gasteiger partial charge in [-0.3, -0.25) is 4.79 Å². The van der Waals surface area contributed by atoms with Crippen LogP contribution in [-0.2, 0) is 37.7 Å². The maximum Gasteiger partial charge on any atom is 0.338 e. The molecule has 0 unspecified atom stereocenters. The van der Waals surface area contributed by atoms with Gasteiger partial charge in [0, 0.05) is 5.56 Å². The van der Waals surface area contributed by atoms with Crippen LogP contribution in [0.3, 0.4) is 0 Å². The molecule has 0 N–H and O–H groups in total. The summed E-state index contributed by atoms with van der Waals surface area (Å²) >= 11 is 0. The summed E-state index contributed by atoms with van der Waals surface area (Å²) in [6.45, 7) is 4.26. The maximum atomic E-state index is 13.8. The van der Waals surface area contributed by atoms with Crippen molar-refractivity contribution in [2.45, 2.75) is 70.7 Å². The third kappa shape index (κ3) is 8.38. The van der Waals surface area contributed by atoms with Crippen LogP contribution in [0.2, 0.25) is 0 Å². The molecule has 1 aliphatic carbocycles. The topological polar surface area (TPSA) is 83.4 Å². The first-order valence-electron chi connectivity index (χ1n) is 15.5. The number of rotatable bonds is 11. The standard InChI is InChI=1S/C38H39NO6/c1-28(2)44-36(40)32-16-20-33(21-17-32)38(24-10-5-11-25-38)37(41)45-34-22-18-31(19-23-34)35(42-26-29-12-6-3-7-13-29)39-43-27-30-14-8-4-9-15-30/h3-4,6-9,12-23,28H,5,10-11,24-27H2,1-2H3/b39-35+. The molecule has 7 nitrogen and oxygen atoms in total. The molecule has 0 radical (unpaired) electrons. The van der Waals surface area contributed by atoms with Gasteiger partial charge < -0.3 is 19.0 Å². The van der Waals surface area contributed by atoms with Gasteiger partial charge in [0.25, 0.3) is 5.90 Å². The van der Waals surface area contributed by atoms with Crippen molar-refractivity contribution in [3.63, 3.8) is 0 Å². The van der Waals surface area contributed by atoms with E-state index in [4.69, 9.17) is 19.0 Å². The average molecular weight is 606 g/mol. The second kappa shape index (κ2) is 15.2. The lowest BCUT2D eigenvalue weighted by atomic mass is 9.69. The Kier molecular flexibility index (Phi) is 10.6. The first-order valence-corrected chi connectivity index (χ1v) is 15.5. The monoisotopic (exact) mass is 605 g/mol. The number of nitrogens with zero attached hydrogens (tertiary/aromatic N) is 1. The van der Waals surface area contributed by atoms with Crippen LogP contribution >= 0.6 is 0 Å². The lowest BCUT2D eigenvalue weighted by Gasteiger charge is -2.35. The van der Waals surface area contributed by atoms with Gasteiger partial charge in [-0.05, 0) is 84.9 Å². The van der Waals surface area contributed by atoms with Crippen molar-refractivity contribution < 1.29 is 28.6 Å². The summed E-state index contributed by atoms with van der Waals surface area (Å²) in [6, 6.07) is 33.9. The number of hydrogen-bond acceptors (Lipinski definition) is 7. The fourth-order valence-corrected chi connectivity index (χ4v) is 5.47. The Labute approximate surface area is 264 Å². The molecular weight excluding hydrogens is 566 g/mol. The minimum atomic E-state index is -0.784. The molecule has 0 aliphatic heterocycles. The Bertz CT molecular complexity index is 1560. The molecule has 0 heterocycles.